The summed E-state index contributed by atoms with van der Waals surface area (Å²) in [6, 6.07) is 10.9. The fourth-order valence-electron chi connectivity index (χ4n) is 4.02. The third-order valence-electron chi connectivity index (χ3n) is 5.56. The highest BCUT2D eigenvalue weighted by atomic mass is 127. The van der Waals surface area contributed by atoms with Crippen molar-refractivity contribution in [2.45, 2.75) is 12.6 Å². The Morgan fingerprint density at radius 2 is 2.00 bits per heavy atom. The van der Waals surface area contributed by atoms with Crippen LogP contribution in [0.3, 0.4) is 0 Å². The van der Waals surface area contributed by atoms with E-state index in [0.717, 1.165) is 36.1 Å². The maximum atomic E-state index is 4.54. The first-order valence-electron chi connectivity index (χ1n) is 9.70. The van der Waals surface area contributed by atoms with Crippen molar-refractivity contribution in [1.82, 2.24) is 30.0 Å². The van der Waals surface area contributed by atoms with E-state index in [4.69, 9.17) is 0 Å². The van der Waals surface area contributed by atoms with Gasteiger partial charge in [-0.1, -0.05) is 30.3 Å². The molecule has 4 heterocycles. The molecule has 1 atom stereocenters. The highest BCUT2D eigenvalue weighted by Gasteiger charge is 2.31. The smallest absolute Gasteiger partial charge is 0.193 e. The van der Waals surface area contributed by atoms with Crippen molar-refractivity contribution >= 4 is 29.9 Å². The van der Waals surface area contributed by atoms with Crippen molar-refractivity contribution in [3.8, 4) is 11.3 Å². The molecule has 8 heteroatoms. The molecule has 152 valence electrons. The molecule has 2 aromatic rings. The van der Waals surface area contributed by atoms with Crippen LogP contribution in [0.15, 0.2) is 41.5 Å². The molecular formula is C20H30IN7. The summed E-state index contributed by atoms with van der Waals surface area (Å²) < 4.78 is 0. The Balaban J connectivity index is 0.00000225. The largest absolute Gasteiger partial charge is 0.355 e. The van der Waals surface area contributed by atoms with Crippen LogP contribution in [-0.4, -0.2) is 90.0 Å². The number of piperazine rings is 3. The van der Waals surface area contributed by atoms with E-state index in [-0.39, 0.29) is 24.0 Å². The summed E-state index contributed by atoms with van der Waals surface area (Å²) in [6.07, 6.45) is 1.90. The van der Waals surface area contributed by atoms with Crippen molar-refractivity contribution in [3.63, 3.8) is 0 Å². The van der Waals surface area contributed by atoms with Crippen LogP contribution in [0.2, 0.25) is 0 Å². The summed E-state index contributed by atoms with van der Waals surface area (Å²) in [6.45, 7) is 7.59. The number of benzene rings is 1. The van der Waals surface area contributed by atoms with Crippen LogP contribution in [0.25, 0.3) is 11.3 Å². The fourth-order valence-corrected chi connectivity index (χ4v) is 4.02. The second kappa shape index (κ2) is 9.71. The molecule has 3 saturated heterocycles. The molecule has 1 aromatic carbocycles. The number of hydrogen-bond donors (Lipinski definition) is 2. The maximum Gasteiger partial charge on any atom is 0.193 e. The van der Waals surface area contributed by atoms with Crippen molar-refractivity contribution in [2.75, 3.05) is 53.4 Å². The molecule has 0 aliphatic carbocycles. The summed E-state index contributed by atoms with van der Waals surface area (Å²) in [5, 5.41) is 3.55. The van der Waals surface area contributed by atoms with Gasteiger partial charge in [-0.15, -0.1) is 24.0 Å². The summed E-state index contributed by atoms with van der Waals surface area (Å²) in [4.78, 5) is 19.7. The SMILES string of the molecule is CN=C(NCC1CN2CCN1CC2)N(C)Cc1ncc(-c2ccccc2)[nH]1.I. The van der Waals surface area contributed by atoms with E-state index >= 15 is 0 Å². The zero-order valence-electron chi connectivity index (χ0n) is 16.6. The van der Waals surface area contributed by atoms with Gasteiger partial charge in [0.1, 0.15) is 5.82 Å². The van der Waals surface area contributed by atoms with Gasteiger partial charge in [-0.3, -0.25) is 14.8 Å². The van der Waals surface area contributed by atoms with Gasteiger partial charge in [0.2, 0.25) is 0 Å². The van der Waals surface area contributed by atoms with Gasteiger partial charge in [0.15, 0.2) is 5.96 Å². The zero-order valence-corrected chi connectivity index (χ0v) is 19.0. The number of aromatic amines is 1. The van der Waals surface area contributed by atoms with Crippen molar-refractivity contribution < 1.29 is 0 Å². The van der Waals surface area contributed by atoms with Crippen LogP contribution in [-0.2, 0) is 6.54 Å². The average Bonchev–Trinajstić information content (AvgIpc) is 3.18. The molecule has 0 saturated carbocycles. The Morgan fingerprint density at radius 3 is 2.64 bits per heavy atom. The predicted octanol–water partition coefficient (Wildman–Crippen LogP) is 1.70. The first-order valence-corrected chi connectivity index (χ1v) is 9.70. The van der Waals surface area contributed by atoms with Gasteiger partial charge >= 0.3 is 0 Å². The lowest BCUT2D eigenvalue weighted by atomic mass is 10.1. The molecule has 0 radical (unpaired) electrons. The molecule has 2 bridgehead atoms. The van der Waals surface area contributed by atoms with Crippen LogP contribution in [0.5, 0.6) is 0 Å². The van der Waals surface area contributed by atoms with Gasteiger partial charge in [0.05, 0.1) is 18.4 Å². The van der Waals surface area contributed by atoms with E-state index in [1.165, 1.54) is 26.2 Å². The van der Waals surface area contributed by atoms with Crippen molar-refractivity contribution in [1.29, 1.82) is 0 Å². The minimum atomic E-state index is 0. The van der Waals surface area contributed by atoms with E-state index in [9.17, 15) is 0 Å². The molecule has 1 unspecified atom stereocenters. The molecule has 5 rings (SSSR count). The van der Waals surface area contributed by atoms with E-state index in [1.807, 2.05) is 31.4 Å². The summed E-state index contributed by atoms with van der Waals surface area (Å²) in [5.74, 6) is 1.84. The molecule has 7 nitrogen and oxygen atoms in total. The number of imidazole rings is 1. The van der Waals surface area contributed by atoms with E-state index < -0.39 is 0 Å². The monoisotopic (exact) mass is 495 g/mol. The van der Waals surface area contributed by atoms with Gasteiger partial charge in [-0.2, -0.15) is 0 Å². The van der Waals surface area contributed by atoms with Crippen LogP contribution >= 0.6 is 24.0 Å². The molecule has 2 N–H and O–H groups in total. The Morgan fingerprint density at radius 1 is 1.25 bits per heavy atom. The van der Waals surface area contributed by atoms with Crippen LogP contribution in [0, 0.1) is 0 Å². The van der Waals surface area contributed by atoms with Gasteiger partial charge in [-0.25, -0.2) is 4.98 Å². The Labute approximate surface area is 184 Å². The van der Waals surface area contributed by atoms with Crippen LogP contribution < -0.4 is 5.32 Å². The quantitative estimate of drug-likeness (QED) is 0.376. The third-order valence-corrected chi connectivity index (χ3v) is 5.56. The molecule has 28 heavy (non-hydrogen) atoms. The number of H-pyrrole nitrogens is 1. The number of nitrogens with zero attached hydrogens (tertiary/aromatic N) is 5. The molecule has 3 aliphatic rings. The lowest BCUT2D eigenvalue weighted by Crippen LogP contribution is -2.63. The molecular weight excluding hydrogens is 465 g/mol. The predicted molar refractivity (Wildman–Crippen MR) is 124 cm³/mol. The standard InChI is InChI=1S/C20H29N7.HI/c1-21-20(23-12-17-14-26-8-10-27(17)11-9-26)25(2)15-19-22-13-18(24-19)16-6-4-3-5-7-16;/h3-7,13,17H,8-12,14-15H2,1-2H3,(H,21,23)(H,22,24);1H. The minimum absolute atomic E-state index is 0. The van der Waals surface area contributed by atoms with E-state index in [0.29, 0.717) is 12.6 Å². The van der Waals surface area contributed by atoms with Crippen LogP contribution in [0.1, 0.15) is 5.82 Å². The molecule has 0 amide bonds. The van der Waals surface area contributed by atoms with Gasteiger partial charge in [0, 0.05) is 59.4 Å². The topological polar surface area (TPSA) is 62.8 Å². The number of guanidine groups is 1. The second-order valence-electron chi connectivity index (χ2n) is 7.38. The summed E-state index contributed by atoms with van der Waals surface area (Å²) >= 11 is 0. The Bertz CT molecular complexity index is 768. The highest BCUT2D eigenvalue weighted by Crippen LogP contribution is 2.17. The molecule has 0 spiro atoms. The number of nitrogens with one attached hydrogen (secondary N) is 2. The van der Waals surface area contributed by atoms with Crippen molar-refractivity contribution in [3.05, 3.63) is 42.4 Å². The second-order valence-corrected chi connectivity index (χ2v) is 7.38. The van der Waals surface area contributed by atoms with Crippen LogP contribution in [0.4, 0.5) is 0 Å². The zero-order chi connectivity index (χ0) is 18.6. The van der Waals surface area contributed by atoms with Gasteiger partial charge in [-0.05, 0) is 5.56 Å². The van der Waals surface area contributed by atoms with Gasteiger partial charge in [0.25, 0.3) is 0 Å². The number of rotatable bonds is 5. The first kappa shape index (κ1) is 21.1. The highest BCUT2D eigenvalue weighted by molar-refractivity contribution is 14.0. The summed E-state index contributed by atoms with van der Waals surface area (Å²) in [7, 11) is 3.89. The molecule has 3 fully saturated rings. The van der Waals surface area contributed by atoms with E-state index in [2.05, 4.69) is 54.2 Å². The first-order chi connectivity index (χ1) is 13.2. The number of aliphatic imine (C=N–C) groups is 1. The maximum absolute atomic E-state index is 4.54. The Kier molecular flexibility index (Phi) is 7.30. The minimum Gasteiger partial charge on any atom is -0.355 e. The number of hydrogen-bond acceptors (Lipinski definition) is 4. The number of aromatic nitrogens is 2. The average molecular weight is 495 g/mol. The number of halogens is 1. The molecule has 1 aromatic heterocycles. The summed E-state index contributed by atoms with van der Waals surface area (Å²) in [5.41, 5.74) is 2.19. The number of fused-ring (bicyclic) bond motifs is 3. The lowest BCUT2D eigenvalue weighted by Gasteiger charge is -2.47. The van der Waals surface area contributed by atoms with E-state index in [1.54, 1.807) is 0 Å². The Hall–Kier alpha value is -1.65. The van der Waals surface area contributed by atoms with Crippen molar-refractivity contribution in [2.24, 2.45) is 4.99 Å². The third kappa shape index (κ3) is 4.84. The molecule has 3 aliphatic heterocycles. The lowest BCUT2D eigenvalue weighted by molar-refractivity contribution is 0.0152. The fraction of sp³-hybridized carbons (Fsp3) is 0.500. The normalized spacial score (nSPS) is 23.9. The van der Waals surface area contributed by atoms with Gasteiger partial charge < -0.3 is 15.2 Å².